The highest BCUT2D eigenvalue weighted by atomic mass is 19.1. The highest BCUT2D eigenvalue weighted by molar-refractivity contribution is 5.80. The van der Waals surface area contributed by atoms with Gasteiger partial charge in [-0.15, -0.1) is 0 Å². The lowest BCUT2D eigenvalue weighted by Crippen LogP contribution is -2.13. The predicted molar refractivity (Wildman–Crippen MR) is 69.1 cm³/mol. The van der Waals surface area contributed by atoms with Crippen molar-refractivity contribution >= 4 is 5.78 Å². The van der Waals surface area contributed by atoms with Crippen LogP contribution in [0.3, 0.4) is 0 Å². The number of Topliss-reactive ketones (excluding diaryl/α,β-unsaturated/α-hetero) is 1. The van der Waals surface area contributed by atoms with Crippen molar-refractivity contribution in [3.63, 3.8) is 0 Å². The summed E-state index contributed by atoms with van der Waals surface area (Å²) >= 11 is 0. The van der Waals surface area contributed by atoms with Crippen LogP contribution in [0.1, 0.15) is 25.3 Å². The zero-order chi connectivity index (χ0) is 13.5. The number of carbonyl (C=O) groups excluding carboxylic acids is 1. The summed E-state index contributed by atoms with van der Waals surface area (Å²) in [5.74, 6) is 0.225. The van der Waals surface area contributed by atoms with E-state index in [4.69, 9.17) is 10.5 Å². The van der Waals surface area contributed by atoms with E-state index in [9.17, 15) is 9.18 Å². The Kier molecular flexibility index (Phi) is 5.78. The van der Waals surface area contributed by atoms with Gasteiger partial charge in [0.15, 0.2) is 11.6 Å². The Morgan fingerprint density at radius 3 is 2.78 bits per heavy atom. The van der Waals surface area contributed by atoms with Gasteiger partial charge in [0, 0.05) is 12.8 Å². The zero-order valence-corrected chi connectivity index (χ0v) is 10.9. The zero-order valence-electron chi connectivity index (χ0n) is 10.9. The molecule has 1 aromatic carbocycles. The first-order valence-electron chi connectivity index (χ1n) is 6.11. The Hall–Kier alpha value is -1.42. The molecule has 0 aromatic heterocycles. The van der Waals surface area contributed by atoms with Gasteiger partial charge in [-0.2, -0.15) is 0 Å². The van der Waals surface area contributed by atoms with E-state index < -0.39 is 5.82 Å². The van der Waals surface area contributed by atoms with Crippen LogP contribution in [0.4, 0.5) is 4.39 Å². The molecule has 3 nitrogen and oxygen atoms in total. The number of halogens is 1. The normalized spacial score (nSPS) is 12.2. The van der Waals surface area contributed by atoms with E-state index in [-0.39, 0.29) is 18.0 Å². The molecule has 4 heteroatoms. The fraction of sp³-hybridized carbons (Fsp3) is 0.500. The molecule has 1 atom stereocenters. The number of rotatable bonds is 7. The number of nitrogens with two attached hydrogens (primary N) is 1. The van der Waals surface area contributed by atoms with Crippen LogP contribution in [-0.2, 0) is 11.2 Å². The van der Waals surface area contributed by atoms with Crippen LogP contribution >= 0.6 is 0 Å². The van der Waals surface area contributed by atoms with E-state index in [2.05, 4.69) is 0 Å². The minimum absolute atomic E-state index is 0.111. The first kappa shape index (κ1) is 14.6. The second kappa shape index (κ2) is 7.11. The van der Waals surface area contributed by atoms with E-state index in [1.54, 1.807) is 12.1 Å². The summed E-state index contributed by atoms with van der Waals surface area (Å²) in [6.45, 7) is 2.60. The van der Waals surface area contributed by atoms with Gasteiger partial charge in [-0.1, -0.05) is 13.0 Å². The molecular weight excluding hydrogens is 233 g/mol. The summed E-state index contributed by atoms with van der Waals surface area (Å²) in [4.78, 5) is 11.7. The predicted octanol–water partition coefficient (Wildman–Crippen LogP) is 2.32. The van der Waals surface area contributed by atoms with E-state index in [1.807, 2.05) is 6.92 Å². The molecule has 0 aliphatic carbocycles. The van der Waals surface area contributed by atoms with Crippen LogP contribution in [0.5, 0.6) is 5.75 Å². The summed E-state index contributed by atoms with van der Waals surface area (Å²) in [5.41, 5.74) is 6.17. The largest absolute Gasteiger partial charge is 0.494 e. The van der Waals surface area contributed by atoms with Crippen molar-refractivity contribution in [3.05, 3.63) is 29.6 Å². The molecule has 1 unspecified atom stereocenters. The summed E-state index contributed by atoms with van der Waals surface area (Å²) in [7, 11) is 1.41. The minimum atomic E-state index is -0.432. The first-order chi connectivity index (χ1) is 8.56. The number of methoxy groups -OCH3 is 1. The fourth-order valence-corrected chi connectivity index (χ4v) is 1.66. The maximum atomic E-state index is 13.4. The number of hydrogen-bond acceptors (Lipinski definition) is 3. The molecule has 18 heavy (non-hydrogen) atoms. The van der Waals surface area contributed by atoms with Crippen molar-refractivity contribution in [2.45, 2.75) is 26.2 Å². The van der Waals surface area contributed by atoms with E-state index in [0.717, 1.165) is 6.42 Å². The molecule has 0 heterocycles. The molecule has 1 aromatic rings. The van der Waals surface area contributed by atoms with Crippen LogP contribution in [0, 0.1) is 11.7 Å². The summed E-state index contributed by atoms with van der Waals surface area (Å²) in [5, 5.41) is 0. The van der Waals surface area contributed by atoms with Crippen LogP contribution in [-0.4, -0.2) is 19.4 Å². The standard InChI is InChI=1S/C14H20FNO2/c1-10(9-16)3-5-12(17)7-11-4-6-14(18-2)13(15)8-11/h4,6,8,10H,3,5,7,9,16H2,1-2H3. The number of carbonyl (C=O) groups is 1. The molecule has 1 rings (SSSR count). The third-order valence-electron chi connectivity index (χ3n) is 2.94. The van der Waals surface area contributed by atoms with Gasteiger partial charge in [0.05, 0.1) is 7.11 Å². The molecule has 0 spiro atoms. The van der Waals surface area contributed by atoms with Gasteiger partial charge >= 0.3 is 0 Å². The number of ether oxygens (including phenoxy) is 1. The SMILES string of the molecule is COc1ccc(CC(=O)CCC(C)CN)cc1F. The highest BCUT2D eigenvalue weighted by Crippen LogP contribution is 2.18. The second-order valence-electron chi connectivity index (χ2n) is 4.56. The second-order valence-corrected chi connectivity index (χ2v) is 4.56. The van der Waals surface area contributed by atoms with E-state index in [0.29, 0.717) is 24.4 Å². The van der Waals surface area contributed by atoms with Gasteiger partial charge in [0.25, 0.3) is 0 Å². The molecular formula is C14H20FNO2. The van der Waals surface area contributed by atoms with Gasteiger partial charge in [-0.25, -0.2) is 4.39 Å². The third kappa shape index (κ3) is 4.45. The molecule has 0 radical (unpaired) electrons. The van der Waals surface area contributed by atoms with Gasteiger partial charge < -0.3 is 10.5 Å². The highest BCUT2D eigenvalue weighted by Gasteiger charge is 2.09. The first-order valence-corrected chi connectivity index (χ1v) is 6.11. The molecule has 0 saturated carbocycles. The maximum absolute atomic E-state index is 13.4. The van der Waals surface area contributed by atoms with Crippen molar-refractivity contribution in [3.8, 4) is 5.75 Å². The number of ketones is 1. The minimum Gasteiger partial charge on any atom is -0.494 e. The Bertz CT molecular complexity index is 407. The van der Waals surface area contributed by atoms with E-state index >= 15 is 0 Å². The van der Waals surface area contributed by atoms with Gasteiger partial charge in [0.1, 0.15) is 5.78 Å². The molecule has 0 amide bonds. The Balaban J connectivity index is 2.52. The van der Waals surface area contributed by atoms with Crippen molar-refractivity contribution in [2.24, 2.45) is 11.7 Å². The lowest BCUT2D eigenvalue weighted by atomic mass is 10.00. The van der Waals surface area contributed by atoms with Gasteiger partial charge in [-0.05, 0) is 36.6 Å². The van der Waals surface area contributed by atoms with Crippen LogP contribution in [0.15, 0.2) is 18.2 Å². The molecule has 0 aliphatic rings. The molecule has 100 valence electrons. The summed E-state index contributed by atoms with van der Waals surface area (Å²) in [6.07, 6.45) is 1.54. The Morgan fingerprint density at radius 2 is 2.22 bits per heavy atom. The van der Waals surface area contributed by atoms with E-state index in [1.165, 1.54) is 13.2 Å². The maximum Gasteiger partial charge on any atom is 0.165 e. The number of benzene rings is 1. The lowest BCUT2D eigenvalue weighted by Gasteiger charge is -2.08. The average molecular weight is 253 g/mol. The summed E-state index contributed by atoms with van der Waals surface area (Å²) in [6, 6.07) is 4.61. The monoisotopic (exact) mass is 253 g/mol. The molecule has 0 fully saturated rings. The smallest absolute Gasteiger partial charge is 0.165 e. The van der Waals surface area contributed by atoms with Crippen molar-refractivity contribution in [1.82, 2.24) is 0 Å². The molecule has 0 aliphatic heterocycles. The molecule has 0 bridgehead atoms. The Labute approximate surface area is 107 Å². The third-order valence-corrected chi connectivity index (χ3v) is 2.94. The van der Waals surface area contributed by atoms with Gasteiger partial charge in [0.2, 0.25) is 0 Å². The topological polar surface area (TPSA) is 52.3 Å². The molecule has 2 N–H and O–H groups in total. The van der Waals surface area contributed by atoms with Crippen molar-refractivity contribution in [2.75, 3.05) is 13.7 Å². The fourth-order valence-electron chi connectivity index (χ4n) is 1.66. The van der Waals surface area contributed by atoms with Crippen LogP contribution < -0.4 is 10.5 Å². The van der Waals surface area contributed by atoms with Crippen LogP contribution in [0.25, 0.3) is 0 Å². The molecule has 0 saturated heterocycles. The average Bonchev–Trinajstić information content (AvgIpc) is 2.36. The number of hydrogen-bond donors (Lipinski definition) is 1. The van der Waals surface area contributed by atoms with Crippen molar-refractivity contribution < 1.29 is 13.9 Å². The Morgan fingerprint density at radius 1 is 1.50 bits per heavy atom. The summed E-state index contributed by atoms with van der Waals surface area (Å²) < 4.78 is 18.2. The van der Waals surface area contributed by atoms with Crippen LogP contribution in [0.2, 0.25) is 0 Å². The van der Waals surface area contributed by atoms with Gasteiger partial charge in [-0.3, -0.25) is 4.79 Å². The lowest BCUT2D eigenvalue weighted by molar-refractivity contribution is -0.118. The quantitative estimate of drug-likeness (QED) is 0.811. The van der Waals surface area contributed by atoms with Crippen molar-refractivity contribution in [1.29, 1.82) is 0 Å².